The van der Waals surface area contributed by atoms with E-state index in [0.29, 0.717) is 38.8 Å². The average molecular weight is 659 g/mol. The van der Waals surface area contributed by atoms with Gasteiger partial charge in [0.25, 0.3) is 11.8 Å². The van der Waals surface area contributed by atoms with Crippen LogP contribution in [0.4, 0.5) is 0 Å². The fourth-order valence-electron chi connectivity index (χ4n) is 5.01. The van der Waals surface area contributed by atoms with Crippen molar-refractivity contribution in [3.63, 3.8) is 0 Å². The number of hydrogen-bond acceptors (Lipinski definition) is 16. The molecule has 0 aromatic carbocycles. The van der Waals surface area contributed by atoms with Crippen LogP contribution in [0.1, 0.15) is 70.5 Å². The van der Waals surface area contributed by atoms with Crippen LogP contribution in [0.15, 0.2) is 64.1 Å². The lowest BCUT2D eigenvalue weighted by Gasteiger charge is -2.14. The molecule has 7 rings (SSSR count). The molecule has 18 heteroatoms. The predicted molar refractivity (Wildman–Crippen MR) is 162 cm³/mol. The highest BCUT2D eigenvalue weighted by atomic mass is 16.4. The highest BCUT2D eigenvalue weighted by molar-refractivity contribution is 5.93. The largest absolute Gasteiger partial charge is 0.446 e. The minimum absolute atomic E-state index is 0.0148. The van der Waals surface area contributed by atoms with Crippen LogP contribution in [0.5, 0.6) is 0 Å². The van der Waals surface area contributed by atoms with Gasteiger partial charge in [-0.25, -0.2) is 29.9 Å². The zero-order valence-corrected chi connectivity index (χ0v) is 25.8. The Bertz CT molecular complexity index is 1870. The van der Waals surface area contributed by atoms with Crippen LogP contribution in [0.25, 0.3) is 46.3 Å². The minimum Gasteiger partial charge on any atom is -0.446 e. The Balaban J connectivity index is 1.25. The molecule has 4 N–H and O–H groups in total. The Hall–Kier alpha value is -5.88. The van der Waals surface area contributed by atoms with Crippen LogP contribution < -0.4 is 21.3 Å². The number of carbonyl (C=O) groups is 2. The molecule has 2 atom stereocenters. The molecule has 0 saturated heterocycles. The second kappa shape index (κ2) is 13.5. The summed E-state index contributed by atoms with van der Waals surface area (Å²) in [5.41, 5.74) is 1.06. The summed E-state index contributed by atoms with van der Waals surface area (Å²) in [4.78, 5) is 53.1. The molecule has 48 heavy (non-hydrogen) atoms. The average Bonchev–Trinajstić information content (AvgIpc) is 3.94. The monoisotopic (exact) mass is 658 g/mol. The first-order chi connectivity index (χ1) is 23.5. The van der Waals surface area contributed by atoms with Crippen molar-refractivity contribution in [1.29, 1.82) is 0 Å². The molecule has 0 radical (unpaired) electrons. The zero-order valence-electron chi connectivity index (χ0n) is 25.8. The van der Waals surface area contributed by atoms with E-state index < -0.39 is 23.9 Å². The van der Waals surface area contributed by atoms with Crippen LogP contribution in [0.3, 0.4) is 0 Å². The highest BCUT2D eigenvalue weighted by Crippen LogP contribution is 2.29. The summed E-state index contributed by atoms with van der Waals surface area (Å²) in [6.45, 7) is 1.40. The number of oxazole rings is 6. The molecule has 1 aliphatic heterocycles. The van der Waals surface area contributed by atoms with Gasteiger partial charge >= 0.3 is 0 Å². The van der Waals surface area contributed by atoms with Gasteiger partial charge in [-0.2, -0.15) is 0 Å². The molecule has 6 aromatic rings. The van der Waals surface area contributed by atoms with Gasteiger partial charge in [-0.3, -0.25) is 9.59 Å². The molecule has 12 bridgehead atoms. The Morgan fingerprint density at radius 1 is 0.521 bits per heavy atom. The third kappa shape index (κ3) is 6.38. The van der Waals surface area contributed by atoms with Gasteiger partial charge in [0.1, 0.15) is 49.7 Å². The van der Waals surface area contributed by atoms with E-state index in [1.165, 1.54) is 37.6 Å². The van der Waals surface area contributed by atoms with Crippen LogP contribution >= 0.6 is 0 Å². The number of hydrogen-bond donors (Lipinski definition) is 4. The fraction of sp³-hybridized carbons (Fsp3) is 0.333. The van der Waals surface area contributed by atoms with E-state index >= 15 is 0 Å². The number of nitrogens with one attached hydrogen (secondary N) is 4. The third-order valence-corrected chi connectivity index (χ3v) is 7.45. The van der Waals surface area contributed by atoms with Gasteiger partial charge < -0.3 is 47.8 Å². The molecular weight excluding hydrogens is 628 g/mol. The van der Waals surface area contributed by atoms with E-state index in [2.05, 4.69) is 51.2 Å². The summed E-state index contributed by atoms with van der Waals surface area (Å²) in [7, 11) is 3.67. The van der Waals surface area contributed by atoms with E-state index in [0.717, 1.165) is 0 Å². The Labute approximate surface area is 271 Å². The molecule has 18 nitrogen and oxygen atoms in total. The van der Waals surface area contributed by atoms with Crippen LogP contribution in [-0.2, 0) is 0 Å². The third-order valence-electron chi connectivity index (χ3n) is 7.45. The van der Waals surface area contributed by atoms with E-state index in [1.807, 2.05) is 14.1 Å². The van der Waals surface area contributed by atoms with E-state index in [9.17, 15) is 9.59 Å². The molecular formula is C30H30N10O8. The molecule has 248 valence electrons. The SMILES string of the molecule is CNCCC[C@@H]1NC(=O)c2coc(n2)-c2coc(n2)-c2coc(n2)[C@H](CCCNC)NC(=O)c2coc(n2)-c2coc(n2)-c2coc1n2. The maximum Gasteiger partial charge on any atom is 0.273 e. The second-order valence-corrected chi connectivity index (χ2v) is 10.8. The van der Waals surface area contributed by atoms with Gasteiger partial charge in [-0.05, 0) is 52.9 Å². The van der Waals surface area contributed by atoms with Crippen LogP contribution in [0.2, 0.25) is 0 Å². The Kier molecular flexibility index (Phi) is 8.63. The molecule has 1 aliphatic rings. The van der Waals surface area contributed by atoms with Crippen molar-refractivity contribution in [2.24, 2.45) is 0 Å². The fourth-order valence-corrected chi connectivity index (χ4v) is 5.01. The summed E-state index contributed by atoms with van der Waals surface area (Å²) in [6.07, 6.45) is 10.2. The number of aromatic nitrogens is 6. The summed E-state index contributed by atoms with van der Waals surface area (Å²) < 4.78 is 33.9. The number of amides is 2. The van der Waals surface area contributed by atoms with Crippen molar-refractivity contribution < 1.29 is 36.1 Å². The first-order valence-corrected chi connectivity index (χ1v) is 15.1. The molecule has 0 saturated carbocycles. The van der Waals surface area contributed by atoms with E-state index in [-0.39, 0.29) is 69.5 Å². The number of fused-ring (bicyclic) bond motifs is 16. The van der Waals surface area contributed by atoms with E-state index in [1.54, 1.807) is 0 Å². The molecule has 0 fully saturated rings. The first-order valence-electron chi connectivity index (χ1n) is 15.1. The predicted octanol–water partition coefficient (Wildman–Crippen LogP) is 3.54. The summed E-state index contributed by atoms with van der Waals surface area (Å²) in [5, 5.41) is 12.0. The summed E-state index contributed by atoms with van der Waals surface area (Å²) in [6, 6.07) is -1.23. The zero-order chi connectivity index (χ0) is 33.0. The van der Waals surface area contributed by atoms with Gasteiger partial charge in [-0.1, -0.05) is 0 Å². The molecule has 6 aromatic heterocycles. The number of carbonyl (C=O) groups excluding carboxylic acids is 2. The lowest BCUT2D eigenvalue weighted by atomic mass is 10.1. The molecule has 7 heterocycles. The normalized spacial score (nSPS) is 16.4. The van der Waals surface area contributed by atoms with Gasteiger partial charge in [0, 0.05) is 0 Å². The van der Waals surface area contributed by atoms with Crippen molar-refractivity contribution in [2.75, 3.05) is 27.2 Å². The molecule has 2 amide bonds. The smallest absolute Gasteiger partial charge is 0.273 e. The first kappa shape index (κ1) is 30.8. The second-order valence-electron chi connectivity index (χ2n) is 10.8. The highest BCUT2D eigenvalue weighted by Gasteiger charge is 2.27. The quantitative estimate of drug-likeness (QED) is 0.171. The lowest BCUT2D eigenvalue weighted by Crippen LogP contribution is -2.29. The number of nitrogens with zero attached hydrogens (tertiary/aromatic N) is 6. The molecule has 0 spiro atoms. The van der Waals surface area contributed by atoms with Crippen molar-refractivity contribution in [2.45, 2.75) is 37.8 Å². The van der Waals surface area contributed by atoms with E-state index in [4.69, 9.17) is 26.5 Å². The van der Waals surface area contributed by atoms with Gasteiger partial charge in [0.2, 0.25) is 35.3 Å². The van der Waals surface area contributed by atoms with Gasteiger partial charge in [0.15, 0.2) is 34.2 Å². The number of rotatable bonds is 8. The maximum atomic E-state index is 13.3. The standard InChI is InChI=1S/C30H30N10O8/c1-31-7-3-5-15-25-37-21(11-45-25)29-39-20(13-47-29)28-36-18(10-44-28)24(42)34-16(6-4-8-32-2)26-38-22(12-46-26)30-40-19(14-48-30)27-35-17(9-43-27)23(41)33-15/h9-16,31-32H,3-8H2,1-2H3,(H,33,41)(H,34,42)/t15-,16-/m0/s1. The Morgan fingerprint density at radius 3 is 1.25 bits per heavy atom. The summed E-state index contributed by atoms with van der Waals surface area (Å²) in [5.74, 6) is -0.192. The van der Waals surface area contributed by atoms with Gasteiger partial charge in [0.05, 0.1) is 0 Å². The van der Waals surface area contributed by atoms with Crippen LogP contribution in [0, 0.1) is 0 Å². The Morgan fingerprint density at radius 2 is 0.854 bits per heavy atom. The maximum absolute atomic E-state index is 13.3. The van der Waals surface area contributed by atoms with Crippen molar-refractivity contribution in [3.05, 3.63) is 60.7 Å². The van der Waals surface area contributed by atoms with Crippen molar-refractivity contribution >= 4 is 11.8 Å². The lowest BCUT2D eigenvalue weighted by molar-refractivity contribution is 0.0914. The molecule has 0 aliphatic carbocycles. The molecule has 0 unspecified atom stereocenters. The van der Waals surface area contributed by atoms with Crippen LogP contribution in [-0.4, -0.2) is 68.9 Å². The topological polar surface area (TPSA) is 238 Å². The minimum atomic E-state index is -0.616. The van der Waals surface area contributed by atoms with Gasteiger partial charge in [-0.15, -0.1) is 0 Å². The van der Waals surface area contributed by atoms with Crippen molar-refractivity contribution in [3.8, 4) is 46.3 Å². The van der Waals surface area contributed by atoms with Crippen molar-refractivity contribution in [1.82, 2.24) is 51.2 Å². The summed E-state index contributed by atoms with van der Waals surface area (Å²) >= 11 is 0.